The fraction of sp³-hybridized carbons (Fsp3) is 0.143. The molecule has 1 aliphatic rings. The molecule has 0 atom stereocenters. The van der Waals surface area contributed by atoms with Crippen LogP contribution in [0.15, 0.2) is 310 Å². The number of rotatable bonds is 11. The Balaban J connectivity index is 0.000000432. The molecule has 1 aliphatic carbocycles. The van der Waals surface area contributed by atoms with E-state index >= 15 is 0 Å². The van der Waals surface area contributed by atoms with Crippen molar-refractivity contribution in [3.63, 3.8) is 0 Å². The van der Waals surface area contributed by atoms with Crippen molar-refractivity contribution in [2.24, 2.45) is 0 Å². The summed E-state index contributed by atoms with van der Waals surface area (Å²) < 4.78 is 0. The first kappa shape index (κ1) is 92.8. The average Bonchev–Trinajstić information content (AvgIpc) is 1.60. The molecule has 2 heterocycles. The number of para-hydroxylation sites is 1. The van der Waals surface area contributed by atoms with Gasteiger partial charge in [0, 0.05) is 97.6 Å². The number of ketones is 10. The minimum absolute atomic E-state index is 0. The minimum Gasteiger partial charge on any atom is -0.295 e. The topological polar surface area (TPSA) is 196 Å². The molecule has 14 aromatic rings. The van der Waals surface area contributed by atoms with Crippen LogP contribution in [0, 0.1) is 0 Å². The van der Waals surface area contributed by atoms with Crippen LogP contribution in [0.5, 0.6) is 0 Å². The highest BCUT2D eigenvalue weighted by atomic mass is 16.2. The minimum atomic E-state index is -0.114. The molecule has 0 saturated carbocycles. The number of hydrogen-bond acceptors (Lipinski definition) is 12. The standard InChI is InChI=1S/C15H10O2.2C15H12O2.2C12H10O.2C11H9NO.7CH4/c1-9(16)10-7-4-8-13-14(10)11-5-2-3-6-12(11)15(13)17;1-11(16)13-9-5-6-10-14(13)15(17)12-7-3-2-4-8-12;1-11(16)13-8-5-9-14(10-13)15(17)12-6-3-2-4-7-12;1-9(13)11-8-4-6-10-5-2-3-7-12(10)11;1-9(13)11-7-6-10-4-2-3-5-12(10)8-11;1-8(13)10-7-6-9-4-2-3-5-11(9)12-10;1-8(13)11-10-5-3-2-4-9(10)6-7-12-11;;;;;;;/h2-8H,1H3;2*2-10H,1H3;2*2-8H,1H3;2*2-7H,1H3;7*1H4. The molecule has 110 heavy (non-hydrogen) atoms. The van der Waals surface area contributed by atoms with Crippen LogP contribution in [0.2, 0.25) is 0 Å². The summed E-state index contributed by atoms with van der Waals surface area (Å²) in [4.78, 5) is 124. The van der Waals surface area contributed by atoms with Gasteiger partial charge in [-0.25, -0.2) is 4.98 Å². The first-order valence-corrected chi connectivity index (χ1v) is 33.1. The van der Waals surface area contributed by atoms with Gasteiger partial charge in [-0.2, -0.15) is 0 Å². The van der Waals surface area contributed by atoms with Crippen LogP contribution in [0.4, 0.5) is 0 Å². The first-order valence-electron chi connectivity index (χ1n) is 33.1. The molecule has 0 aliphatic heterocycles. The number of Topliss-reactive ketones (excluding diaryl/α,β-unsaturated/α-hetero) is 7. The summed E-state index contributed by atoms with van der Waals surface area (Å²) in [5.74, 6) is -0.0437. The highest BCUT2D eigenvalue weighted by molar-refractivity contribution is 6.24. The Labute approximate surface area is 649 Å². The zero-order valence-electron chi connectivity index (χ0n) is 57.9. The lowest BCUT2D eigenvalue weighted by Crippen LogP contribution is -2.07. The number of hydrogen-bond donors (Lipinski definition) is 0. The van der Waals surface area contributed by atoms with Gasteiger partial charge in [-0.15, -0.1) is 0 Å². The van der Waals surface area contributed by atoms with Gasteiger partial charge in [0.05, 0.1) is 5.52 Å². The molecular weight excluding hydrogens is 1370 g/mol. The molecule has 0 fully saturated rings. The second-order valence-corrected chi connectivity index (χ2v) is 23.9. The second kappa shape index (κ2) is 44.6. The molecule has 0 N–H and O–H groups in total. The summed E-state index contributed by atoms with van der Waals surface area (Å²) in [7, 11) is 0. The Morgan fingerprint density at radius 2 is 0.664 bits per heavy atom. The summed E-state index contributed by atoms with van der Waals surface area (Å²) in [6.45, 7) is 10.7. The van der Waals surface area contributed by atoms with Crippen LogP contribution in [-0.4, -0.2) is 67.8 Å². The zero-order chi connectivity index (χ0) is 73.5. The van der Waals surface area contributed by atoms with Gasteiger partial charge in [-0.05, 0) is 97.4 Å². The third kappa shape index (κ3) is 23.8. The lowest BCUT2D eigenvalue weighted by Gasteiger charge is -2.05. The summed E-state index contributed by atoms with van der Waals surface area (Å²) in [6, 6.07) is 93.1. The Kier molecular flexibility index (Phi) is 37.6. The van der Waals surface area contributed by atoms with Gasteiger partial charge < -0.3 is 0 Å². The molecular formula is C98H100N2O10. The smallest absolute Gasteiger partial charge is 0.194 e. The van der Waals surface area contributed by atoms with E-state index in [1.54, 1.807) is 117 Å². The van der Waals surface area contributed by atoms with Crippen molar-refractivity contribution in [3.05, 3.63) is 382 Å². The zero-order valence-corrected chi connectivity index (χ0v) is 57.9. The summed E-state index contributed by atoms with van der Waals surface area (Å²) >= 11 is 0. The van der Waals surface area contributed by atoms with Crippen molar-refractivity contribution in [1.29, 1.82) is 0 Å². The van der Waals surface area contributed by atoms with E-state index in [9.17, 15) is 47.9 Å². The Morgan fingerprint density at radius 3 is 1.25 bits per heavy atom. The second-order valence-electron chi connectivity index (χ2n) is 23.9. The molecule has 12 nitrogen and oxygen atoms in total. The lowest BCUT2D eigenvalue weighted by molar-refractivity contribution is 0.0990. The largest absolute Gasteiger partial charge is 0.295 e. The van der Waals surface area contributed by atoms with Crippen LogP contribution in [0.25, 0.3) is 54.3 Å². The fourth-order valence-corrected chi connectivity index (χ4v) is 11.3. The van der Waals surface area contributed by atoms with E-state index in [-0.39, 0.29) is 110 Å². The molecule has 0 radical (unpaired) electrons. The van der Waals surface area contributed by atoms with E-state index in [0.717, 1.165) is 60.1 Å². The van der Waals surface area contributed by atoms with Gasteiger partial charge in [0.15, 0.2) is 57.8 Å². The Hall–Kier alpha value is -13.3. The summed E-state index contributed by atoms with van der Waals surface area (Å²) in [6.07, 6.45) is 1.67. The molecule has 0 bridgehead atoms. The highest BCUT2D eigenvalue weighted by Crippen LogP contribution is 2.39. The number of pyridine rings is 2. The molecule has 0 amide bonds. The van der Waals surface area contributed by atoms with Gasteiger partial charge in [0.2, 0.25) is 0 Å². The van der Waals surface area contributed by atoms with E-state index < -0.39 is 0 Å². The van der Waals surface area contributed by atoms with Crippen LogP contribution in [-0.2, 0) is 0 Å². The van der Waals surface area contributed by atoms with E-state index in [4.69, 9.17) is 0 Å². The number of carbonyl (C=O) groups excluding carboxylic acids is 10. The fourth-order valence-electron chi connectivity index (χ4n) is 11.3. The summed E-state index contributed by atoms with van der Waals surface area (Å²) in [5.41, 5.74) is 10.4. The van der Waals surface area contributed by atoms with E-state index in [1.165, 1.54) is 40.0 Å². The van der Waals surface area contributed by atoms with Gasteiger partial charge in [-0.3, -0.25) is 52.9 Å². The first-order chi connectivity index (χ1) is 49.7. The SMILES string of the molecule is C.C.C.C.C.C.C.CC(=O)c1ccc2ccccc2c1.CC(=O)c1ccc2ccccc2n1.CC(=O)c1cccc(C(=O)c2ccccc2)c1.CC(=O)c1cccc2c1-c1ccccc1C2=O.CC(=O)c1cccc2ccccc12.CC(=O)c1ccccc1C(=O)c1ccccc1.CC(=O)c1nccc2ccccc12. The third-order valence-electron chi connectivity index (χ3n) is 16.6. The molecule has 2 aromatic heterocycles. The quantitative estimate of drug-likeness (QED) is 0.111. The molecule has 12 aromatic carbocycles. The van der Waals surface area contributed by atoms with E-state index in [0.29, 0.717) is 61.5 Å². The van der Waals surface area contributed by atoms with Gasteiger partial charge in [0.1, 0.15) is 11.4 Å². The molecule has 0 spiro atoms. The van der Waals surface area contributed by atoms with Crippen molar-refractivity contribution >= 4 is 101 Å². The van der Waals surface area contributed by atoms with Crippen LogP contribution >= 0.6 is 0 Å². The van der Waals surface area contributed by atoms with E-state index in [2.05, 4.69) is 9.97 Å². The van der Waals surface area contributed by atoms with E-state index in [1.807, 2.05) is 206 Å². The maximum absolute atomic E-state index is 12.2. The predicted molar refractivity (Wildman–Crippen MR) is 456 cm³/mol. The lowest BCUT2D eigenvalue weighted by atomic mass is 9.97. The number of benzene rings is 12. The van der Waals surface area contributed by atoms with Crippen LogP contribution in [0.1, 0.15) is 221 Å². The van der Waals surface area contributed by atoms with Crippen LogP contribution in [0.3, 0.4) is 0 Å². The number of aromatic nitrogens is 2. The maximum Gasteiger partial charge on any atom is 0.194 e. The van der Waals surface area contributed by atoms with Gasteiger partial charge in [-0.1, -0.05) is 325 Å². The number of nitrogens with zero attached hydrogens (tertiary/aromatic N) is 2. The number of fused-ring (bicyclic) bond motifs is 7. The molecule has 0 unspecified atom stereocenters. The van der Waals surface area contributed by atoms with Crippen molar-refractivity contribution in [3.8, 4) is 11.1 Å². The van der Waals surface area contributed by atoms with Gasteiger partial charge in [0.25, 0.3) is 0 Å². The highest BCUT2D eigenvalue weighted by Gasteiger charge is 2.29. The average molecular weight is 1470 g/mol. The molecule has 12 heteroatoms. The Bertz CT molecular complexity index is 5320. The van der Waals surface area contributed by atoms with Crippen LogP contribution < -0.4 is 0 Å². The van der Waals surface area contributed by atoms with Crippen molar-refractivity contribution < 1.29 is 47.9 Å². The summed E-state index contributed by atoms with van der Waals surface area (Å²) in [5, 5.41) is 7.50. The molecule has 0 saturated heterocycles. The maximum atomic E-state index is 12.2. The molecule has 562 valence electrons. The van der Waals surface area contributed by atoms with Crippen molar-refractivity contribution in [2.45, 2.75) is 100 Å². The van der Waals surface area contributed by atoms with Gasteiger partial charge >= 0.3 is 0 Å². The van der Waals surface area contributed by atoms with Crippen molar-refractivity contribution in [1.82, 2.24) is 9.97 Å². The number of carbonyl (C=O) groups is 10. The predicted octanol–water partition coefficient (Wildman–Crippen LogP) is 24.8. The molecule has 15 rings (SSSR count). The van der Waals surface area contributed by atoms with Crippen molar-refractivity contribution in [2.75, 3.05) is 0 Å². The third-order valence-corrected chi connectivity index (χ3v) is 16.6. The monoisotopic (exact) mass is 1460 g/mol. The Morgan fingerprint density at radius 1 is 0.255 bits per heavy atom. The normalized spacial score (nSPS) is 9.79.